The lowest BCUT2D eigenvalue weighted by Gasteiger charge is -2.10. The van der Waals surface area contributed by atoms with Gasteiger partial charge in [0.25, 0.3) is 5.91 Å². The number of aryl methyl sites for hydroxylation is 3. The van der Waals surface area contributed by atoms with Crippen molar-refractivity contribution in [2.75, 3.05) is 19.0 Å². The summed E-state index contributed by atoms with van der Waals surface area (Å²) in [5.74, 6) is -0.147. The zero-order valence-corrected chi connectivity index (χ0v) is 16.5. The number of nitrogens with one attached hydrogen (secondary N) is 1. The molecule has 138 valence electrons. The first kappa shape index (κ1) is 18.7. The topological polar surface area (TPSA) is 64.6 Å². The summed E-state index contributed by atoms with van der Waals surface area (Å²) in [6, 6.07) is 3.59. The third-order valence-electron chi connectivity index (χ3n) is 4.34. The molecule has 1 amide bonds. The molecule has 1 aromatic heterocycles. The molecule has 0 unspecified atom stereocenters. The molecule has 26 heavy (non-hydrogen) atoms. The fraction of sp³-hybridized carbons (Fsp3) is 0.368. The van der Waals surface area contributed by atoms with Gasteiger partial charge in [0, 0.05) is 9.90 Å². The minimum absolute atomic E-state index is 0.149. The van der Waals surface area contributed by atoms with E-state index in [1.54, 1.807) is 12.1 Å². The van der Waals surface area contributed by atoms with Crippen LogP contribution in [0.2, 0.25) is 5.02 Å². The lowest BCUT2D eigenvalue weighted by Crippen LogP contribution is -2.21. The third-order valence-corrected chi connectivity index (χ3v) is 6.15. The van der Waals surface area contributed by atoms with Crippen LogP contribution in [0.25, 0.3) is 0 Å². The van der Waals surface area contributed by atoms with Crippen molar-refractivity contribution >= 4 is 39.8 Å². The maximum absolute atomic E-state index is 12.3. The van der Waals surface area contributed by atoms with Crippen molar-refractivity contribution in [2.24, 2.45) is 0 Å². The van der Waals surface area contributed by atoms with Gasteiger partial charge in [-0.3, -0.25) is 4.79 Å². The predicted octanol–water partition coefficient (Wildman–Crippen LogP) is 4.31. The van der Waals surface area contributed by atoms with Gasteiger partial charge in [-0.05, 0) is 61.9 Å². The van der Waals surface area contributed by atoms with Crippen molar-refractivity contribution in [3.8, 4) is 5.75 Å². The number of ether oxygens (including phenoxy) is 2. The highest BCUT2D eigenvalue weighted by molar-refractivity contribution is 7.17. The molecule has 1 aromatic carbocycles. The van der Waals surface area contributed by atoms with Crippen LogP contribution in [0.5, 0.6) is 5.75 Å². The largest absolute Gasteiger partial charge is 0.484 e. The normalized spacial score (nSPS) is 12.6. The molecular formula is C19H20ClNO4S. The van der Waals surface area contributed by atoms with Crippen molar-refractivity contribution < 1.29 is 19.1 Å². The molecule has 0 spiro atoms. The molecule has 0 aliphatic heterocycles. The summed E-state index contributed by atoms with van der Waals surface area (Å²) >= 11 is 7.58. The Morgan fingerprint density at radius 3 is 2.58 bits per heavy atom. The Hall–Kier alpha value is -2.05. The Labute approximate surface area is 161 Å². The SMILES string of the molecule is COC(=O)c1c(NC(=O)COc2cc(C)c(Cl)c(C)c2)sc2c1CCC2. The number of fused-ring (bicyclic) bond motifs is 1. The van der Waals surface area contributed by atoms with Crippen LogP contribution >= 0.6 is 22.9 Å². The van der Waals surface area contributed by atoms with Crippen LogP contribution in [0.4, 0.5) is 5.00 Å². The average Bonchev–Trinajstić information content (AvgIpc) is 3.17. The molecule has 7 heteroatoms. The van der Waals surface area contributed by atoms with Crippen molar-refractivity contribution in [2.45, 2.75) is 33.1 Å². The van der Waals surface area contributed by atoms with E-state index in [2.05, 4.69) is 5.32 Å². The summed E-state index contributed by atoms with van der Waals surface area (Å²) in [7, 11) is 1.35. The van der Waals surface area contributed by atoms with E-state index in [0.29, 0.717) is 21.3 Å². The van der Waals surface area contributed by atoms with E-state index < -0.39 is 5.97 Å². The number of anilines is 1. The summed E-state index contributed by atoms with van der Waals surface area (Å²) in [6.07, 6.45) is 2.80. The van der Waals surface area contributed by atoms with Crippen LogP contribution in [0.15, 0.2) is 12.1 Å². The number of hydrogen-bond acceptors (Lipinski definition) is 5. The first-order valence-electron chi connectivity index (χ1n) is 8.33. The zero-order valence-electron chi connectivity index (χ0n) is 14.9. The Balaban J connectivity index is 1.70. The molecule has 0 radical (unpaired) electrons. The van der Waals surface area contributed by atoms with Crippen molar-refractivity contribution in [1.29, 1.82) is 0 Å². The smallest absolute Gasteiger partial charge is 0.341 e. The van der Waals surface area contributed by atoms with Gasteiger partial charge in [-0.15, -0.1) is 11.3 Å². The van der Waals surface area contributed by atoms with E-state index in [4.69, 9.17) is 21.1 Å². The van der Waals surface area contributed by atoms with Crippen LogP contribution in [0.1, 0.15) is 38.3 Å². The molecule has 0 atom stereocenters. The van der Waals surface area contributed by atoms with Gasteiger partial charge in [-0.1, -0.05) is 11.6 Å². The minimum Gasteiger partial charge on any atom is -0.484 e. The fourth-order valence-corrected chi connectivity index (χ4v) is 4.51. The van der Waals surface area contributed by atoms with Gasteiger partial charge < -0.3 is 14.8 Å². The number of halogens is 1. The van der Waals surface area contributed by atoms with E-state index in [-0.39, 0.29) is 12.5 Å². The Kier molecular flexibility index (Phi) is 5.53. The number of carbonyl (C=O) groups excluding carboxylic acids is 2. The average molecular weight is 394 g/mol. The van der Waals surface area contributed by atoms with Gasteiger partial charge in [-0.25, -0.2) is 4.79 Å². The number of esters is 1. The molecule has 1 heterocycles. The Morgan fingerprint density at radius 1 is 1.23 bits per heavy atom. The molecular weight excluding hydrogens is 374 g/mol. The number of benzene rings is 1. The summed E-state index contributed by atoms with van der Waals surface area (Å²) in [6.45, 7) is 3.62. The second-order valence-corrected chi connectivity index (χ2v) is 7.74. The van der Waals surface area contributed by atoms with Gasteiger partial charge in [-0.2, -0.15) is 0 Å². The van der Waals surface area contributed by atoms with E-state index in [1.807, 2.05) is 13.8 Å². The maximum atomic E-state index is 12.3. The monoisotopic (exact) mass is 393 g/mol. The number of hydrogen-bond donors (Lipinski definition) is 1. The molecule has 1 aliphatic rings. The van der Waals surface area contributed by atoms with Crippen molar-refractivity contribution in [3.05, 3.63) is 44.3 Å². The fourth-order valence-electron chi connectivity index (χ4n) is 3.11. The predicted molar refractivity (Wildman–Crippen MR) is 103 cm³/mol. The summed E-state index contributed by atoms with van der Waals surface area (Å²) in [5, 5.41) is 4.03. The number of rotatable bonds is 5. The van der Waals surface area contributed by atoms with Crippen LogP contribution in [-0.4, -0.2) is 25.6 Å². The van der Waals surface area contributed by atoms with Crippen molar-refractivity contribution in [3.63, 3.8) is 0 Å². The van der Waals surface area contributed by atoms with E-state index in [0.717, 1.165) is 40.8 Å². The van der Waals surface area contributed by atoms with Crippen LogP contribution in [0, 0.1) is 13.8 Å². The van der Waals surface area contributed by atoms with Crippen molar-refractivity contribution in [1.82, 2.24) is 0 Å². The number of thiophene rings is 1. The lowest BCUT2D eigenvalue weighted by molar-refractivity contribution is -0.118. The molecule has 2 aromatic rings. The molecule has 1 aliphatic carbocycles. The number of carbonyl (C=O) groups is 2. The molecule has 1 N–H and O–H groups in total. The quantitative estimate of drug-likeness (QED) is 0.768. The lowest BCUT2D eigenvalue weighted by atomic mass is 10.1. The van der Waals surface area contributed by atoms with Gasteiger partial charge in [0.1, 0.15) is 10.8 Å². The van der Waals surface area contributed by atoms with Gasteiger partial charge in [0.2, 0.25) is 0 Å². The summed E-state index contributed by atoms with van der Waals surface area (Å²) in [5.41, 5.74) is 3.27. The Morgan fingerprint density at radius 2 is 1.92 bits per heavy atom. The zero-order chi connectivity index (χ0) is 18.8. The molecule has 0 fully saturated rings. The van der Waals surface area contributed by atoms with Crippen LogP contribution in [0.3, 0.4) is 0 Å². The molecule has 0 saturated carbocycles. The first-order valence-corrected chi connectivity index (χ1v) is 9.52. The highest BCUT2D eigenvalue weighted by Crippen LogP contribution is 2.39. The summed E-state index contributed by atoms with van der Waals surface area (Å²) in [4.78, 5) is 25.6. The first-order chi connectivity index (χ1) is 12.4. The minimum atomic E-state index is -0.412. The molecule has 0 saturated heterocycles. The molecule has 3 rings (SSSR count). The van der Waals surface area contributed by atoms with E-state index in [1.165, 1.54) is 18.4 Å². The highest BCUT2D eigenvalue weighted by atomic mass is 35.5. The Bertz CT molecular complexity index is 852. The number of methoxy groups -OCH3 is 1. The van der Waals surface area contributed by atoms with Crippen LogP contribution < -0.4 is 10.1 Å². The maximum Gasteiger partial charge on any atom is 0.341 e. The van der Waals surface area contributed by atoms with Crippen LogP contribution in [-0.2, 0) is 22.4 Å². The number of amides is 1. The second-order valence-electron chi connectivity index (χ2n) is 6.26. The van der Waals surface area contributed by atoms with E-state index in [9.17, 15) is 9.59 Å². The standard InChI is InChI=1S/C19H20ClNO4S/c1-10-7-12(8-11(2)17(10)20)25-9-15(22)21-18-16(19(23)24-3)13-5-4-6-14(13)26-18/h7-8H,4-6,9H2,1-3H3,(H,21,22). The van der Waals surface area contributed by atoms with Gasteiger partial charge in [0.15, 0.2) is 6.61 Å². The van der Waals surface area contributed by atoms with E-state index >= 15 is 0 Å². The molecule has 5 nitrogen and oxygen atoms in total. The molecule has 0 bridgehead atoms. The highest BCUT2D eigenvalue weighted by Gasteiger charge is 2.28. The second kappa shape index (κ2) is 7.68. The van der Waals surface area contributed by atoms with Gasteiger partial charge >= 0.3 is 5.97 Å². The third kappa shape index (κ3) is 3.71. The summed E-state index contributed by atoms with van der Waals surface area (Å²) < 4.78 is 10.5. The van der Waals surface area contributed by atoms with Gasteiger partial charge in [0.05, 0.1) is 12.7 Å².